The summed E-state index contributed by atoms with van der Waals surface area (Å²) < 4.78 is 0. The van der Waals surface area contributed by atoms with Gasteiger partial charge in [0.25, 0.3) is 0 Å². The van der Waals surface area contributed by atoms with Crippen LogP contribution in [0.2, 0.25) is 0 Å². The number of benzene rings is 5. The Morgan fingerprint density at radius 1 is 0.162 bits per heavy atom. The van der Waals surface area contributed by atoms with Crippen molar-refractivity contribution in [3.8, 4) is 0 Å². The molecule has 0 spiro atoms. The monoisotopic (exact) mass is 921 g/mol. The van der Waals surface area contributed by atoms with Crippen LogP contribution in [0.3, 0.4) is 0 Å². The van der Waals surface area contributed by atoms with Gasteiger partial charge in [-0.2, -0.15) is 0 Å². The molecule has 0 amide bonds. The first kappa shape index (κ1) is 53.8. The molecule has 0 unspecified atom stereocenters. The first-order valence-corrected chi connectivity index (χ1v) is 25.1. The summed E-state index contributed by atoms with van der Waals surface area (Å²) in [6, 6.07) is 45.7. The first-order chi connectivity index (χ1) is 30.8. The van der Waals surface area contributed by atoms with E-state index in [1.165, 1.54) is 22.7 Å². The Labute approximate surface area is 416 Å². The van der Waals surface area contributed by atoms with Gasteiger partial charge in [0.1, 0.15) is 0 Å². The summed E-state index contributed by atoms with van der Waals surface area (Å²) in [4.78, 5) is 14.9. The molecule has 0 saturated heterocycles. The van der Waals surface area contributed by atoms with E-state index < -0.39 is 0 Å². The summed E-state index contributed by atoms with van der Waals surface area (Å²) in [7, 11) is 0. The lowest BCUT2D eigenvalue weighted by Gasteiger charge is -2.47. The summed E-state index contributed by atoms with van der Waals surface area (Å²) in [5.41, 5.74) is 11.0. The van der Waals surface area contributed by atoms with Gasteiger partial charge in [0.2, 0.25) is 0 Å². The molecule has 0 aliphatic rings. The van der Waals surface area contributed by atoms with Gasteiger partial charge in [-0.15, -0.1) is 0 Å². The van der Waals surface area contributed by atoms with E-state index in [9.17, 15) is 0 Å². The van der Waals surface area contributed by atoms with E-state index in [0.717, 1.165) is 34.1 Å². The second-order valence-electron chi connectivity index (χ2n) is 27.0. The second kappa shape index (κ2) is 18.7. The van der Waals surface area contributed by atoms with E-state index >= 15 is 0 Å². The molecule has 0 fully saturated rings. The van der Waals surface area contributed by atoms with Crippen LogP contribution in [0, 0.1) is 0 Å². The topological polar surface area (TPSA) is 19.4 Å². The van der Waals surface area contributed by atoms with Gasteiger partial charge in [0.15, 0.2) is 0 Å². The third-order valence-corrected chi connectivity index (χ3v) is 12.2. The molecule has 0 radical (unpaired) electrons. The predicted octanol–water partition coefficient (Wildman–Crippen LogP) is 18.2. The fraction of sp³-hybridized carbons (Fsp3) is 0.516. The summed E-state index contributed by atoms with van der Waals surface area (Å²) in [5, 5.41) is 0. The van der Waals surface area contributed by atoms with Gasteiger partial charge < -0.3 is 29.4 Å². The van der Waals surface area contributed by atoms with Crippen molar-refractivity contribution < 1.29 is 0 Å². The molecule has 370 valence electrons. The summed E-state index contributed by atoms with van der Waals surface area (Å²) >= 11 is 0. The van der Waals surface area contributed by atoms with Crippen LogP contribution in [0.4, 0.5) is 56.9 Å². The molecule has 0 N–H and O–H groups in total. The lowest BCUT2D eigenvalue weighted by Crippen LogP contribution is -2.53. The van der Waals surface area contributed by atoms with Crippen molar-refractivity contribution in [2.24, 2.45) is 0 Å². The minimum atomic E-state index is -0.0548. The molecular weight excluding hydrogens is 829 g/mol. The molecule has 68 heavy (non-hydrogen) atoms. The van der Waals surface area contributed by atoms with E-state index in [-0.39, 0.29) is 44.3 Å². The van der Waals surface area contributed by atoms with Crippen molar-refractivity contribution in [3.05, 3.63) is 121 Å². The van der Waals surface area contributed by atoms with Gasteiger partial charge >= 0.3 is 0 Å². The molecule has 6 heteroatoms. The van der Waals surface area contributed by atoms with Crippen molar-refractivity contribution in [2.75, 3.05) is 29.4 Å². The maximum atomic E-state index is 2.52. The summed E-state index contributed by atoms with van der Waals surface area (Å²) in [6.07, 6.45) is 0. The van der Waals surface area contributed by atoms with Crippen molar-refractivity contribution in [1.29, 1.82) is 0 Å². The molecule has 0 atom stereocenters. The lowest BCUT2D eigenvalue weighted by molar-refractivity contribution is 0.380. The molecular formula is C62H92N6. The Morgan fingerprint density at radius 2 is 0.250 bits per heavy atom. The Kier molecular flexibility index (Phi) is 14.8. The van der Waals surface area contributed by atoms with Crippen molar-refractivity contribution >= 4 is 56.9 Å². The van der Waals surface area contributed by atoms with Crippen molar-refractivity contribution in [2.45, 2.75) is 210 Å². The fourth-order valence-electron chi connectivity index (χ4n) is 11.8. The van der Waals surface area contributed by atoms with Crippen LogP contribution in [-0.4, -0.2) is 44.3 Å². The average Bonchev–Trinajstić information content (AvgIpc) is 3.14. The smallest absolute Gasteiger partial charge is 0.0463 e. The zero-order valence-electron chi connectivity index (χ0n) is 47.2. The third-order valence-electron chi connectivity index (χ3n) is 12.2. The molecule has 0 saturated carbocycles. The standard InChI is InChI=1S/C62H92N6/c1-55(2,3)65(56(4,5)6)51-37-29-47(30-38-51)63(48-31-39-52(40-32-48)66(57(7,8)9)58(10,11)12)45-25-27-46(28-26-45)64(49-33-41-53(42-34-49)67(59(13,14)15)60(16,17)18)50-35-43-54(44-36-50)68(61(19,20)21)62(22,23)24/h25-44H,1-24H3. The van der Waals surface area contributed by atoms with Crippen LogP contribution in [0.1, 0.15) is 166 Å². The zero-order valence-corrected chi connectivity index (χ0v) is 47.2. The maximum absolute atomic E-state index is 2.52. The molecule has 0 aliphatic carbocycles. The Bertz CT molecular complexity index is 2010. The minimum absolute atomic E-state index is 0.0548. The van der Waals surface area contributed by atoms with Crippen LogP contribution >= 0.6 is 0 Å². The fourth-order valence-corrected chi connectivity index (χ4v) is 11.8. The minimum Gasteiger partial charge on any atom is -0.362 e. The van der Waals surface area contributed by atoms with Crippen molar-refractivity contribution in [1.82, 2.24) is 0 Å². The van der Waals surface area contributed by atoms with Gasteiger partial charge in [0, 0.05) is 101 Å². The van der Waals surface area contributed by atoms with E-state index in [1.807, 2.05) is 0 Å². The number of rotatable bonds is 10. The highest BCUT2D eigenvalue weighted by Crippen LogP contribution is 2.44. The molecule has 6 nitrogen and oxygen atoms in total. The quantitative estimate of drug-likeness (QED) is 0.138. The SMILES string of the molecule is CC(C)(C)N(c1ccc(N(c2ccc(N(c3ccc(N(C(C)(C)C)C(C)(C)C)cc3)c3ccc(N(C(C)(C)C)C(C)(C)C)cc3)cc2)c2ccc(N(C(C)(C)C)C(C)(C)C)cc2)cc1)C(C)(C)C. The highest BCUT2D eigenvalue weighted by molar-refractivity contribution is 5.83. The largest absolute Gasteiger partial charge is 0.362 e. The number of hydrogen-bond donors (Lipinski definition) is 0. The average molecular weight is 921 g/mol. The second-order valence-corrected chi connectivity index (χ2v) is 27.0. The lowest BCUT2D eigenvalue weighted by atomic mass is 9.94. The van der Waals surface area contributed by atoms with Crippen LogP contribution < -0.4 is 29.4 Å². The zero-order chi connectivity index (χ0) is 51.4. The molecule has 5 rings (SSSR count). The normalized spacial score (nSPS) is 13.3. The van der Waals surface area contributed by atoms with E-state index in [0.29, 0.717) is 0 Å². The van der Waals surface area contributed by atoms with Gasteiger partial charge in [-0.05, 0) is 287 Å². The maximum Gasteiger partial charge on any atom is 0.0463 e. The van der Waals surface area contributed by atoms with Gasteiger partial charge in [0.05, 0.1) is 0 Å². The van der Waals surface area contributed by atoms with E-state index in [1.54, 1.807) is 0 Å². The first-order valence-electron chi connectivity index (χ1n) is 25.1. The molecule has 0 heterocycles. The van der Waals surface area contributed by atoms with Gasteiger partial charge in [-0.3, -0.25) is 0 Å². The van der Waals surface area contributed by atoms with Gasteiger partial charge in [-0.25, -0.2) is 0 Å². The van der Waals surface area contributed by atoms with E-state index in [2.05, 4.69) is 317 Å². The summed E-state index contributed by atoms with van der Waals surface area (Å²) in [5.74, 6) is 0. The molecule has 0 aromatic heterocycles. The third kappa shape index (κ3) is 12.4. The summed E-state index contributed by atoms with van der Waals surface area (Å²) in [6.45, 7) is 55.1. The van der Waals surface area contributed by atoms with Crippen molar-refractivity contribution in [3.63, 3.8) is 0 Å². The molecule has 5 aromatic rings. The Morgan fingerprint density at radius 3 is 0.338 bits per heavy atom. The molecule has 0 bridgehead atoms. The Hall–Kier alpha value is -5.10. The highest BCUT2D eigenvalue weighted by atomic mass is 15.3. The van der Waals surface area contributed by atoms with Crippen LogP contribution in [0.15, 0.2) is 121 Å². The number of nitrogens with zero attached hydrogens (tertiary/aromatic N) is 6. The highest BCUT2D eigenvalue weighted by Gasteiger charge is 2.35. The predicted molar refractivity (Wildman–Crippen MR) is 304 cm³/mol. The Balaban J connectivity index is 1.69. The van der Waals surface area contributed by atoms with Gasteiger partial charge in [-0.1, -0.05) is 0 Å². The molecule has 0 aliphatic heterocycles. The number of anilines is 10. The van der Waals surface area contributed by atoms with E-state index in [4.69, 9.17) is 0 Å². The van der Waals surface area contributed by atoms with Crippen LogP contribution in [0.25, 0.3) is 0 Å². The van der Waals surface area contributed by atoms with Crippen LogP contribution in [-0.2, 0) is 0 Å². The number of hydrogen-bond acceptors (Lipinski definition) is 6. The molecule has 5 aromatic carbocycles. The van der Waals surface area contributed by atoms with Crippen LogP contribution in [0.5, 0.6) is 0 Å².